The predicted molar refractivity (Wildman–Crippen MR) is 70.5 cm³/mol. The van der Waals surface area contributed by atoms with Gasteiger partial charge in [0.15, 0.2) is 0 Å². The highest BCUT2D eigenvalue weighted by Gasteiger charge is 2.04. The van der Waals surface area contributed by atoms with Crippen molar-refractivity contribution in [2.75, 3.05) is 11.5 Å². The van der Waals surface area contributed by atoms with Crippen LogP contribution in [0.25, 0.3) is 11.3 Å². The Morgan fingerprint density at radius 1 is 1.06 bits per heavy atom. The molecule has 0 aliphatic rings. The van der Waals surface area contributed by atoms with Crippen molar-refractivity contribution in [3.05, 3.63) is 42.1 Å². The van der Waals surface area contributed by atoms with E-state index >= 15 is 0 Å². The molecule has 1 heterocycles. The number of hydrogen-bond acceptors (Lipinski definition) is 3. The van der Waals surface area contributed by atoms with Crippen molar-refractivity contribution in [2.24, 2.45) is 0 Å². The summed E-state index contributed by atoms with van der Waals surface area (Å²) in [6.45, 7) is 1.95. The monoisotopic (exact) mass is 235 g/mol. The summed E-state index contributed by atoms with van der Waals surface area (Å²) < 4.78 is 0. The highest BCUT2D eigenvalue weighted by Crippen LogP contribution is 2.26. The maximum atomic E-state index is 5.88. The summed E-state index contributed by atoms with van der Waals surface area (Å²) in [6.07, 6.45) is 0. The van der Waals surface area contributed by atoms with E-state index in [4.69, 9.17) is 11.5 Å². The van der Waals surface area contributed by atoms with Gasteiger partial charge in [0.2, 0.25) is 0 Å². The van der Waals surface area contributed by atoms with Crippen LogP contribution in [0.4, 0.5) is 11.4 Å². The lowest BCUT2D eigenvalue weighted by molar-refractivity contribution is 1.21. The fraction of sp³-hybridized carbons (Fsp3) is 0.0833. The highest BCUT2D eigenvalue weighted by atomic mass is 35.5. The van der Waals surface area contributed by atoms with E-state index < -0.39 is 0 Å². The molecule has 3 nitrogen and oxygen atoms in total. The van der Waals surface area contributed by atoms with Crippen LogP contribution in [0.15, 0.2) is 36.4 Å². The Kier molecular flexibility index (Phi) is 3.74. The smallest absolute Gasteiger partial charge is 0.0726 e. The average molecular weight is 236 g/mol. The van der Waals surface area contributed by atoms with E-state index in [0.29, 0.717) is 11.4 Å². The summed E-state index contributed by atoms with van der Waals surface area (Å²) in [7, 11) is 0. The van der Waals surface area contributed by atoms with E-state index in [1.54, 1.807) is 12.1 Å². The lowest BCUT2D eigenvalue weighted by Crippen LogP contribution is -1.95. The molecule has 0 saturated heterocycles. The SMILES string of the molecule is Cc1cccc(-c2cc(N)ccc2N)n1.Cl. The highest BCUT2D eigenvalue weighted by molar-refractivity contribution is 5.85. The van der Waals surface area contributed by atoms with Crippen molar-refractivity contribution in [3.8, 4) is 11.3 Å². The fourth-order valence-corrected chi connectivity index (χ4v) is 1.49. The zero-order valence-electron chi connectivity index (χ0n) is 8.97. The summed E-state index contributed by atoms with van der Waals surface area (Å²) in [5.41, 5.74) is 15.7. The second-order valence-corrected chi connectivity index (χ2v) is 3.51. The van der Waals surface area contributed by atoms with Crippen LogP contribution in [0.3, 0.4) is 0 Å². The molecule has 0 unspecified atom stereocenters. The molecular weight excluding hydrogens is 222 g/mol. The van der Waals surface area contributed by atoms with Crippen LogP contribution in [-0.2, 0) is 0 Å². The number of nitrogens with two attached hydrogens (primary N) is 2. The Hall–Kier alpha value is -1.74. The molecule has 1 aromatic carbocycles. The Bertz CT molecular complexity index is 497. The minimum Gasteiger partial charge on any atom is -0.399 e. The first kappa shape index (κ1) is 12.3. The second kappa shape index (κ2) is 4.86. The van der Waals surface area contributed by atoms with Crippen LogP contribution in [0.5, 0.6) is 0 Å². The maximum Gasteiger partial charge on any atom is 0.0726 e. The second-order valence-electron chi connectivity index (χ2n) is 3.51. The number of aromatic nitrogens is 1. The van der Waals surface area contributed by atoms with Crippen LogP contribution in [-0.4, -0.2) is 4.98 Å². The van der Waals surface area contributed by atoms with Gasteiger partial charge in [0, 0.05) is 22.6 Å². The molecule has 2 rings (SSSR count). The normalized spacial score (nSPS) is 9.56. The summed E-state index contributed by atoms with van der Waals surface area (Å²) >= 11 is 0. The van der Waals surface area contributed by atoms with Crippen molar-refractivity contribution < 1.29 is 0 Å². The predicted octanol–water partition coefficient (Wildman–Crippen LogP) is 2.64. The van der Waals surface area contributed by atoms with E-state index in [-0.39, 0.29) is 12.4 Å². The Labute approximate surface area is 101 Å². The Morgan fingerprint density at radius 3 is 2.50 bits per heavy atom. The molecule has 0 aliphatic heterocycles. The molecule has 2 aromatic rings. The van der Waals surface area contributed by atoms with Gasteiger partial charge in [-0.15, -0.1) is 12.4 Å². The van der Waals surface area contributed by atoms with Gasteiger partial charge in [-0.25, -0.2) is 0 Å². The number of benzene rings is 1. The van der Waals surface area contributed by atoms with Gasteiger partial charge in [0.05, 0.1) is 5.69 Å². The van der Waals surface area contributed by atoms with Crippen molar-refractivity contribution in [1.29, 1.82) is 0 Å². The molecular formula is C12H14ClN3. The number of pyridine rings is 1. The first-order chi connectivity index (χ1) is 7.16. The first-order valence-corrected chi connectivity index (χ1v) is 4.76. The van der Waals surface area contributed by atoms with Crippen molar-refractivity contribution in [2.45, 2.75) is 6.92 Å². The third-order valence-corrected chi connectivity index (χ3v) is 2.24. The van der Waals surface area contributed by atoms with Gasteiger partial charge >= 0.3 is 0 Å². The van der Waals surface area contributed by atoms with E-state index in [1.807, 2.05) is 31.2 Å². The Morgan fingerprint density at radius 2 is 1.81 bits per heavy atom. The van der Waals surface area contributed by atoms with E-state index in [2.05, 4.69) is 4.98 Å². The Balaban J connectivity index is 0.00000128. The van der Waals surface area contributed by atoms with E-state index in [9.17, 15) is 0 Å². The van der Waals surface area contributed by atoms with Crippen LogP contribution in [0, 0.1) is 6.92 Å². The van der Waals surface area contributed by atoms with Crippen molar-refractivity contribution >= 4 is 23.8 Å². The van der Waals surface area contributed by atoms with Gasteiger partial charge in [-0.1, -0.05) is 6.07 Å². The average Bonchev–Trinajstić information content (AvgIpc) is 2.22. The van der Waals surface area contributed by atoms with Crippen LogP contribution in [0.2, 0.25) is 0 Å². The van der Waals surface area contributed by atoms with Gasteiger partial charge in [0.25, 0.3) is 0 Å². The largest absolute Gasteiger partial charge is 0.399 e. The number of rotatable bonds is 1. The quantitative estimate of drug-likeness (QED) is 0.747. The summed E-state index contributed by atoms with van der Waals surface area (Å²) in [6, 6.07) is 11.3. The molecule has 0 radical (unpaired) electrons. The molecule has 0 spiro atoms. The van der Waals surface area contributed by atoms with Gasteiger partial charge in [-0.05, 0) is 37.3 Å². The minimum atomic E-state index is 0. The lowest BCUT2D eigenvalue weighted by Gasteiger charge is -2.06. The number of nitrogen functional groups attached to an aromatic ring is 2. The van der Waals surface area contributed by atoms with Crippen LogP contribution in [0.1, 0.15) is 5.69 Å². The van der Waals surface area contributed by atoms with Crippen molar-refractivity contribution in [1.82, 2.24) is 4.98 Å². The number of hydrogen-bond donors (Lipinski definition) is 2. The van der Waals surface area contributed by atoms with E-state index in [1.165, 1.54) is 0 Å². The lowest BCUT2D eigenvalue weighted by atomic mass is 10.1. The molecule has 4 heteroatoms. The van der Waals surface area contributed by atoms with Gasteiger partial charge in [0.1, 0.15) is 0 Å². The minimum absolute atomic E-state index is 0. The van der Waals surface area contributed by atoms with Gasteiger partial charge < -0.3 is 11.5 Å². The summed E-state index contributed by atoms with van der Waals surface area (Å²) in [5.74, 6) is 0. The molecule has 0 saturated carbocycles. The van der Waals surface area contributed by atoms with Crippen LogP contribution < -0.4 is 11.5 Å². The molecule has 0 bridgehead atoms. The van der Waals surface area contributed by atoms with Gasteiger partial charge in [-0.3, -0.25) is 4.98 Å². The number of nitrogens with zero attached hydrogens (tertiary/aromatic N) is 1. The molecule has 0 amide bonds. The molecule has 84 valence electrons. The zero-order chi connectivity index (χ0) is 10.8. The molecule has 0 atom stereocenters. The zero-order valence-corrected chi connectivity index (χ0v) is 9.79. The van der Waals surface area contributed by atoms with Gasteiger partial charge in [-0.2, -0.15) is 0 Å². The standard InChI is InChI=1S/C12H13N3.ClH/c1-8-3-2-4-12(15-8)10-7-9(13)5-6-11(10)14;/h2-7H,13-14H2,1H3;1H. The van der Waals surface area contributed by atoms with E-state index in [0.717, 1.165) is 17.0 Å². The summed E-state index contributed by atoms with van der Waals surface area (Å²) in [4.78, 5) is 4.41. The maximum absolute atomic E-state index is 5.88. The molecule has 1 aromatic heterocycles. The first-order valence-electron chi connectivity index (χ1n) is 4.76. The molecule has 0 aliphatic carbocycles. The number of anilines is 2. The fourth-order valence-electron chi connectivity index (χ4n) is 1.49. The number of aryl methyl sites for hydroxylation is 1. The third-order valence-electron chi connectivity index (χ3n) is 2.24. The molecule has 4 N–H and O–H groups in total. The van der Waals surface area contributed by atoms with Crippen LogP contribution >= 0.6 is 12.4 Å². The topological polar surface area (TPSA) is 64.9 Å². The third kappa shape index (κ3) is 2.44. The summed E-state index contributed by atoms with van der Waals surface area (Å²) in [5, 5.41) is 0. The number of halogens is 1. The molecule has 0 fully saturated rings. The van der Waals surface area contributed by atoms with Crippen molar-refractivity contribution in [3.63, 3.8) is 0 Å². The molecule has 16 heavy (non-hydrogen) atoms.